The van der Waals surface area contributed by atoms with Gasteiger partial charge in [0.05, 0.1) is 18.3 Å². The van der Waals surface area contributed by atoms with Gasteiger partial charge in [0.25, 0.3) is 0 Å². The predicted octanol–water partition coefficient (Wildman–Crippen LogP) is 1.96. The highest BCUT2D eigenvalue weighted by molar-refractivity contribution is 5.91. The van der Waals surface area contributed by atoms with Crippen molar-refractivity contribution in [2.75, 3.05) is 13.2 Å². The van der Waals surface area contributed by atoms with E-state index in [1.54, 1.807) is 0 Å². The molecule has 25 heavy (non-hydrogen) atoms. The second kappa shape index (κ2) is 6.53. The van der Waals surface area contributed by atoms with Gasteiger partial charge in [0, 0.05) is 5.41 Å². The molecule has 3 fully saturated rings. The Balaban J connectivity index is 1.89. The first kappa shape index (κ1) is 18.6. The van der Waals surface area contributed by atoms with Crippen LogP contribution in [0.2, 0.25) is 0 Å². The van der Waals surface area contributed by atoms with Crippen molar-refractivity contribution < 1.29 is 24.9 Å². The zero-order valence-corrected chi connectivity index (χ0v) is 15.2. The van der Waals surface area contributed by atoms with Crippen molar-refractivity contribution in [3.8, 4) is 0 Å². The Hall–Kier alpha value is -1.17. The largest absolute Gasteiger partial charge is 0.459 e. The maximum atomic E-state index is 11.8. The highest BCUT2D eigenvalue weighted by atomic mass is 16.6. The number of hydrogen-bond donors (Lipinski definition) is 3. The van der Waals surface area contributed by atoms with Gasteiger partial charge in [0.2, 0.25) is 0 Å². The first-order valence-electron chi connectivity index (χ1n) is 9.26. The second-order valence-corrected chi connectivity index (χ2v) is 8.54. The molecule has 0 amide bonds. The van der Waals surface area contributed by atoms with Crippen LogP contribution in [0.3, 0.4) is 0 Å². The summed E-state index contributed by atoms with van der Waals surface area (Å²) in [7, 11) is 0. The summed E-state index contributed by atoms with van der Waals surface area (Å²) in [6, 6.07) is 0. The first-order chi connectivity index (χ1) is 11.7. The van der Waals surface area contributed by atoms with E-state index in [9.17, 15) is 20.1 Å². The lowest BCUT2D eigenvalue weighted by Crippen LogP contribution is -2.57. The van der Waals surface area contributed by atoms with E-state index in [2.05, 4.69) is 13.5 Å². The molecule has 0 bridgehead atoms. The minimum absolute atomic E-state index is 0.0280. The molecule has 2 aliphatic carbocycles. The summed E-state index contributed by atoms with van der Waals surface area (Å²) < 4.78 is 4.90. The fourth-order valence-electron chi connectivity index (χ4n) is 5.56. The van der Waals surface area contributed by atoms with Crippen LogP contribution in [-0.4, -0.2) is 46.7 Å². The maximum Gasteiger partial charge on any atom is 0.336 e. The van der Waals surface area contributed by atoms with E-state index in [1.165, 1.54) is 0 Å². The van der Waals surface area contributed by atoms with Gasteiger partial charge in [-0.15, -0.1) is 0 Å². The molecule has 1 aliphatic heterocycles. The van der Waals surface area contributed by atoms with Gasteiger partial charge in [0.1, 0.15) is 12.7 Å². The molecule has 140 valence electrons. The number of carbonyl (C=O) groups is 1. The Morgan fingerprint density at radius 1 is 1.32 bits per heavy atom. The summed E-state index contributed by atoms with van der Waals surface area (Å²) in [5.41, 5.74) is 0.911. The molecule has 1 saturated heterocycles. The van der Waals surface area contributed by atoms with Gasteiger partial charge >= 0.3 is 5.97 Å². The Morgan fingerprint density at radius 2 is 2.04 bits per heavy atom. The lowest BCUT2D eigenvalue weighted by atomic mass is 9.46. The minimum Gasteiger partial charge on any atom is -0.459 e. The number of hydrogen-bond acceptors (Lipinski definition) is 5. The Bertz CT molecular complexity index is 597. The van der Waals surface area contributed by atoms with Crippen molar-refractivity contribution in [2.45, 2.75) is 58.2 Å². The van der Waals surface area contributed by atoms with Gasteiger partial charge in [-0.3, -0.25) is 0 Å². The minimum atomic E-state index is -0.844. The molecule has 1 unspecified atom stereocenters. The molecule has 2 saturated carbocycles. The van der Waals surface area contributed by atoms with E-state index < -0.39 is 23.6 Å². The van der Waals surface area contributed by atoms with Gasteiger partial charge < -0.3 is 20.1 Å². The zero-order chi connectivity index (χ0) is 18.4. The van der Waals surface area contributed by atoms with Gasteiger partial charge in [-0.25, -0.2) is 4.79 Å². The molecule has 3 N–H and O–H groups in total. The summed E-state index contributed by atoms with van der Waals surface area (Å²) in [6.45, 7) is 8.50. The van der Waals surface area contributed by atoms with E-state index in [1.807, 2.05) is 13.0 Å². The molecular formula is C20H30O5. The molecular weight excluding hydrogens is 320 g/mol. The van der Waals surface area contributed by atoms with Gasteiger partial charge in [-0.1, -0.05) is 32.1 Å². The van der Waals surface area contributed by atoms with E-state index >= 15 is 0 Å². The number of aliphatic hydroxyl groups excluding tert-OH is 3. The maximum absolute atomic E-state index is 11.8. The zero-order valence-electron chi connectivity index (χ0n) is 15.2. The van der Waals surface area contributed by atoms with E-state index in [4.69, 9.17) is 4.74 Å². The molecule has 0 spiro atoms. The number of esters is 1. The van der Waals surface area contributed by atoms with Crippen LogP contribution in [0.4, 0.5) is 0 Å². The molecule has 0 aromatic rings. The van der Waals surface area contributed by atoms with Crippen molar-refractivity contribution >= 4 is 5.97 Å². The lowest BCUT2D eigenvalue weighted by Gasteiger charge is -2.59. The Labute approximate surface area is 149 Å². The Morgan fingerprint density at radius 3 is 2.64 bits per heavy atom. The SMILES string of the molecule is C=C1CC[C@@H]2[C@](C)(CO)[C@H](O)CC[C@@]2(C)[C@H]1C/C=C1/C(=O)OCC1O. The summed E-state index contributed by atoms with van der Waals surface area (Å²) in [4.78, 5) is 11.8. The molecule has 3 rings (SSSR count). The predicted molar refractivity (Wildman–Crippen MR) is 93.6 cm³/mol. The van der Waals surface area contributed by atoms with Gasteiger partial charge in [-0.05, 0) is 49.4 Å². The number of fused-ring (bicyclic) bond motifs is 1. The number of rotatable bonds is 3. The van der Waals surface area contributed by atoms with Crippen molar-refractivity contribution in [2.24, 2.45) is 22.7 Å². The summed E-state index contributed by atoms with van der Waals surface area (Å²) in [6.07, 6.45) is 4.42. The molecule has 6 atom stereocenters. The van der Waals surface area contributed by atoms with Crippen molar-refractivity contribution in [3.05, 3.63) is 23.8 Å². The second-order valence-electron chi connectivity index (χ2n) is 8.54. The first-order valence-corrected chi connectivity index (χ1v) is 9.26. The monoisotopic (exact) mass is 350 g/mol. The molecule has 0 aromatic heterocycles. The number of ether oxygens (including phenoxy) is 1. The van der Waals surface area contributed by atoms with Crippen LogP contribution in [0.1, 0.15) is 46.0 Å². The number of cyclic esters (lactones) is 1. The average Bonchev–Trinajstić information content (AvgIpc) is 2.89. The molecule has 5 heteroatoms. The molecule has 0 aromatic carbocycles. The van der Waals surface area contributed by atoms with Crippen molar-refractivity contribution in [3.63, 3.8) is 0 Å². The highest BCUT2D eigenvalue weighted by Gasteiger charge is 2.57. The quantitative estimate of drug-likeness (QED) is 0.411. The van der Waals surface area contributed by atoms with Crippen molar-refractivity contribution in [1.29, 1.82) is 0 Å². The summed E-state index contributed by atoms with van der Waals surface area (Å²) >= 11 is 0. The van der Waals surface area contributed by atoms with Crippen LogP contribution in [0, 0.1) is 22.7 Å². The average molecular weight is 350 g/mol. The molecule has 1 heterocycles. The fraction of sp³-hybridized carbons (Fsp3) is 0.750. The number of aliphatic hydroxyl groups is 3. The topological polar surface area (TPSA) is 87.0 Å². The molecule has 0 radical (unpaired) electrons. The van der Waals surface area contributed by atoms with Crippen LogP contribution < -0.4 is 0 Å². The third-order valence-corrected chi connectivity index (χ3v) is 7.23. The van der Waals surface area contributed by atoms with Crippen LogP contribution in [0.25, 0.3) is 0 Å². The normalized spacial score (nSPS) is 46.2. The third-order valence-electron chi connectivity index (χ3n) is 7.23. The summed E-state index contributed by atoms with van der Waals surface area (Å²) in [5, 5.41) is 30.4. The van der Waals surface area contributed by atoms with Crippen LogP contribution in [-0.2, 0) is 9.53 Å². The summed E-state index contributed by atoms with van der Waals surface area (Å²) in [5.74, 6) is -0.0734. The van der Waals surface area contributed by atoms with Crippen LogP contribution in [0.5, 0.6) is 0 Å². The van der Waals surface area contributed by atoms with E-state index in [-0.39, 0.29) is 30.5 Å². The number of allylic oxidation sites excluding steroid dienone is 2. The fourth-order valence-corrected chi connectivity index (χ4v) is 5.56. The highest BCUT2D eigenvalue weighted by Crippen LogP contribution is 2.61. The van der Waals surface area contributed by atoms with Crippen LogP contribution >= 0.6 is 0 Å². The standard InChI is InChI=1S/C20H30O5/c1-12-4-7-16-19(2,9-8-17(23)20(16,3)11-21)14(12)6-5-13-15(22)10-25-18(13)24/h5,14-17,21-23H,1,4,6-11H2,2-3H3/b13-5+/t14-,15?,16-,17+,19-,20-/m0/s1. The number of carbonyl (C=O) groups excluding carboxylic acids is 1. The van der Waals surface area contributed by atoms with Crippen LogP contribution in [0.15, 0.2) is 23.8 Å². The van der Waals surface area contributed by atoms with Gasteiger partial charge in [0.15, 0.2) is 0 Å². The van der Waals surface area contributed by atoms with Crippen molar-refractivity contribution in [1.82, 2.24) is 0 Å². The Kier molecular flexibility index (Phi) is 4.86. The smallest absolute Gasteiger partial charge is 0.336 e. The van der Waals surface area contributed by atoms with E-state index in [0.717, 1.165) is 24.8 Å². The lowest BCUT2D eigenvalue weighted by molar-refractivity contribution is -0.151. The van der Waals surface area contributed by atoms with Gasteiger partial charge in [-0.2, -0.15) is 0 Å². The molecule has 5 nitrogen and oxygen atoms in total. The molecule has 3 aliphatic rings. The van der Waals surface area contributed by atoms with E-state index in [0.29, 0.717) is 18.4 Å². The third kappa shape index (κ3) is 2.86.